The van der Waals surface area contributed by atoms with Crippen LogP contribution in [0.15, 0.2) is 0 Å². The Kier molecular flexibility index (Phi) is 4.11. The van der Waals surface area contributed by atoms with Gasteiger partial charge in [0.15, 0.2) is 0 Å². The predicted octanol–water partition coefficient (Wildman–Crippen LogP) is 6.05. The van der Waals surface area contributed by atoms with E-state index in [-0.39, 0.29) is 0 Å². The second-order valence-corrected chi connectivity index (χ2v) is 7.05. The summed E-state index contributed by atoms with van der Waals surface area (Å²) in [6.07, 6.45) is 0. The standard InChI is InChI=1S/C10Cl2F16/c11-1(3(13,14)7(21,22)8(23,24)4(1,15)16)2(12)5(17,18)9(25,26)10(27,28)6(2,19)20. The molecular weight excluding hydrogens is 495 g/mol. The Hall–Kier alpha value is -0.540. The molecule has 0 nitrogen and oxygen atoms in total. The third kappa shape index (κ3) is 1.57. The Bertz CT molecular complexity index is 596. The number of alkyl halides is 18. The summed E-state index contributed by atoms with van der Waals surface area (Å²) in [5.41, 5.74) is 0. The van der Waals surface area contributed by atoms with Crippen LogP contribution in [-0.4, -0.2) is 57.1 Å². The molecule has 0 amide bonds. The molecular formula is C10Cl2F16. The molecule has 2 saturated carbocycles. The van der Waals surface area contributed by atoms with Gasteiger partial charge in [-0.1, -0.05) is 0 Å². The lowest BCUT2D eigenvalue weighted by atomic mass is 9.78. The van der Waals surface area contributed by atoms with Crippen LogP contribution in [-0.2, 0) is 0 Å². The van der Waals surface area contributed by atoms with E-state index in [9.17, 15) is 70.2 Å². The van der Waals surface area contributed by atoms with E-state index in [0.29, 0.717) is 0 Å². The SMILES string of the molecule is FC1(F)C(F)(F)C(F)(F)C(Cl)(C2(Cl)C(F)(F)C(F)(F)C(F)(F)C2(F)F)C1(F)F. The summed E-state index contributed by atoms with van der Waals surface area (Å²) in [4.78, 5) is -14.5. The summed E-state index contributed by atoms with van der Waals surface area (Å²) in [5, 5.41) is 0. The van der Waals surface area contributed by atoms with Crippen molar-refractivity contribution in [3.63, 3.8) is 0 Å². The molecule has 28 heavy (non-hydrogen) atoms. The van der Waals surface area contributed by atoms with Crippen LogP contribution < -0.4 is 0 Å². The third-order valence-electron chi connectivity index (χ3n) is 4.57. The first-order valence-corrected chi connectivity index (χ1v) is 6.91. The molecule has 0 aromatic rings. The zero-order valence-corrected chi connectivity index (χ0v) is 13.3. The molecule has 0 unspecified atom stereocenters. The minimum atomic E-state index is -7.64. The van der Waals surface area contributed by atoms with Gasteiger partial charge in [-0.15, -0.1) is 23.2 Å². The summed E-state index contributed by atoms with van der Waals surface area (Å²) in [5.74, 6) is -60.8. The summed E-state index contributed by atoms with van der Waals surface area (Å²) in [7, 11) is 0. The van der Waals surface area contributed by atoms with Crippen LogP contribution in [0.3, 0.4) is 0 Å². The number of rotatable bonds is 1. The molecule has 18 heteroatoms. The van der Waals surface area contributed by atoms with E-state index >= 15 is 0 Å². The zero-order valence-electron chi connectivity index (χ0n) is 11.8. The average molecular weight is 495 g/mol. The Morgan fingerprint density at radius 2 is 0.357 bits per heavy atom. The molecule has 2 aliphatic carbocycles. The lowest BCUT2D eigenvalue weighted by Gasteiger charge is -2.46. The van der Waals surface area contributed by atoms with Gasteiger partial charge < -0.3 is 0 Å². The Morgan fingerprint density at radius 3 is 0.464 bits per heavy atom. The van der Waals surface area contributed by atoms with E-state index in [1.54, 1.807) is 0 Å². The second-order valence-electron chi connectivity index (χ2n) is 5.91. The molecule has 166 valence electrons. The van der Waals surface area contributed by atoms with Crippen molar-refractivity contribution in [3.8, 4) is 0 Å². The molecule has 0 aliphatic heterocycles. The maximum absolute atomic E-state index is 13.8. The van der Waals surface area contributed by atoms with E-state index < -0.39 is 57.1 Å². The van der Waals surface area contributed by atoms with Crippen LogP contribution in [0, 0.1) is 0 Å². The normalized spacial score (nSPS) is 36.2. The van der Waals surface area contributed by atoms with Crippen LogP contribution in [0.4, 0.5) is 70.2 Å². The Balaban J connectivity index is 3.11. The fraction of sp³-hybridized carbons (Fsp3) is 1.00. The van der Waals surface area contributed by atoms with Gasteiger partial charge in [-0.3, -0.25) is 0 Å². The molecule has 2 aliphatic rings. The summed E-state index contributed by atoms with van der Waals surface area (Å²) >= 11 is 8.15. The molecule has 0 atom stereocenters. The van der Waals surface area contributed by atoms with Gasteiger partial charge in [0.2, 0.25) is 9.75 Å². The van der Waals surface area contributed by atoms with Gasteiger partial charge in [0, 0.05) is 0 Å². The molecule has 0 radical (unpaired) electrons. The minimum absolute atomic E-state index is 4.08. The van der Waals surface area contributed by atoms with Crippen LogP contribution in [0.2, 0.25) is 0 Å². The van der Waals surface area contributed by atoms with Crippen molar-refractivity contribution in [3.05, 3.63) is 0 Å². The fourth-order valence-corrected chi connectivity index (χ4v) is 3.86. The highest BCUT2D eigenvalue weighted by Gasteiger charge is 3.12. The van der Waals surface area contributed by atoms with Gasteiger partial charge in [0.25, 0.3) is 0 Å². The van der Waals surface area contributed by atoms with Gasteiger partial charge in [0.05, 0.1) is 0 Å². The summed E-state index contributed by atoms with van der Waals surface area (Å²) in [6, 6.07) is 0. The quantitative estimate of drug-likeness (QED) is 0.307. The highest BCUT2D eigenvalue weighted by molar-refractivity contribution is 6.38. The van der Waals surface area contributed by atoms with Crippen LogP contribution >= 0.6 is 23.2 Å². The molecule has 0 heterocycles. The van der Waals surface area contributed by atoms with E-state index in [4.69, 9.17) is 0 Å². The second kappa shape index (κ2) is 4.85. The molecule has 0 aromatic heterocycles. The van der Waals surface area contributed by atoms with Crippen molar-refractivity contribution in [2.45, 2.75) is 57.1 Å². The first kappa shape index (κ1) is 23.7. The van der Waals surface area contributed by atoms with Crippen molar-refractivity contribution in [2.75, 3.05) is 0 Å². The highest BCUT2D eigenvalue weighted by Crippen LogP contribution is 2.82. The third-order valence-corrected chi connectivity index (χ3v) is 6.18. The van der Waals surface area contributed by atoms with Crippen molar-refractivity contribution in [1.82, 2.24) is 0 Å². The molecule has 0 bridgehead atoms. The van der Waals surface area contributed by atoms with E-state index in [1.165, 1.54) is 0 Å². The predicted molar refractivity (Wildman–Crippen MR) is 56.7 cm³/mol. The molecule has 2 rings (SSSR count). The van der Waals surface area contributed by atoms with Crippen molar-refractivity contribution < 1.29 is 70.2 Å². The summed E-state index contributed by atoms with van der Waals surface area (Å²) < 4.78 is 216. The molecule has 0 aromatic carbocycles. The molecule has 0 N–H and O–H groups in total. The number of halogens is 18. The van der Waals surface area contributed by atoms with Gasteiger partial charge in [0.1, 0.15) is 0 Å². The maximum atomic E-state index is 13.8. The van der Waals surface area contributed by atoms with Gasteiger partial charge >= 0.3 is 47.4 Å². The van der Waals surface area contributed by atoms with E-state index in [1.807, 2.05) is 0 Å². The first-order valence-electron chi connectivity index (χ1n) is 6.15. The smallest absolute Gasteiger partial charge is 0.197 e. The van der Waals surface area contributed by atoms with Crippen LogP contribution in [0.25, 0.3) is 0 Å². The van der Waals surface area contributed by atoms with Gasteiger partial charge in [-0.25, -0.2) is 0 Å². The average Bonchev–Trinajstić information content (AvgIpc) is 2.58. The maximum Gasteiger partial charge on any atom is 0.380 e. The van der Waals surface area contributed by atoms with E-state index in [0.717, 1.165) is 0 Å². The Labute approximate surface area is 151 Å². The van der Waals surface area contributed by atoms with Gasteiger partial charge in [-0.05, 0) is 0 Å². The van der Waals surface area contributed by atoms with Crippen molar-refractivity contribution in [2.24, 2.45) is 0 Å². The van der Waals surface area contributed by atoms with Gasteiger partial charge in [-0.2, -0.15) is 70.2 Å². The molecule has 2 fully saturated rings. The minimum Gasteiger partial charge on any atom is -0.197 e. The zero-order chi connectivity index (χ0) is 23.0. The topological polar surface area (TPSA) is 0 Å². The van der Waals surface area contributed by atoms with E-state index in [2.05, 4.69) is 23.2 Å². The lowest BCUT2D eigenvalue weighted by molar-refractivity contribution is -0.303. The van der Waals surface area contributed by atoms with Crippen LogP contribution in [0.1, 0.15) is 0 Å². The van der Waals surface area contributed by atoms with Crippen LogP contribution in [0.5, 0.6) is 0 Å². The highest BCUT2D eigenvalue weighted by atomic mass is 35.5. The largest absolute Gasteiger partial charge is 0.380 e. The lowest BCUT2D eigenvalue weighted by Crippen LogP contribution is -2.76. The van der Waals surface area contributed by atoms with Crippen molar-refractivity contribution in [1.29, 1.82) is 0 Å². The fourth-order valence-electron chi connectivity index (χ4n) is 2.91. The number of hydrogen-bond acceptors (Lipinski definition) is 0. The molecule has 0 spiro atoms. The number of hydrogen-bond donors (Lipinski definition) is 0. The molecule has 0 saturated heterocycles. The Morgan fingerprint density at radius 1 is 0.250 bits per heavy atom. The van der Waals surface area contributed by atoms with Crippen molar-refractivity contribution >= 4 is 23.2 Å². The first-order chi connectivity index (χ1) is 11.8. The summed E-state index contributed by atoms with van der Waals surface area (Å²) in [6.45, 7) is 0. The monoisotopic (exact) mass is 494 g/mol.